The van der Waals surface area contributed by atoms with Crippen LogP contribution in [0.1, 0.15) is 126 Å². The molecule has 0 radical (unpaired) electrons. The van der Waals surface area contributed by atoms with Crippen molar-refractivity contribution >= 4 is 111 Å². The number of benzene rings is 2. The number of carboxylic acid groups (broad SMARTS) is 3. The molecular weight excluding hydrogens is 1550 g/mol. The standard InChI is InChI=1S/C79H115N19O19S/c1-5-6-17-58(72(81)110)90-78(116)63(41-55-15-14-37-118-55)93-77(115)62(40-53-43-82-48-86-53)89-66(102)26-28-84-79(117)71(49(2)3)94-73(111)50(4)87-75(113)61(39-52-42-85-57-18-12-11-16-56(52)57)92-74(112)59(24-25-64(80)100)91-76(114)60(38-51-20-22-54(99)23-21-51)88-65(101)19-10-8-7-9-13-27-83-67(103)44-95-29-31-96(45-68(104)105)33-35-98(47-70(108)109)36-34-97(32-30-95)46-69(106)107/h11-12,14-16,18,20-23,37,42-43,48-50,58-63,71,85,99H,5-10,13,17,19,24-36,38-41,44-47H2,1-4H3,(H2,80,100)(H2,81,110)(H,82,86)(H,83,103)(H,84,117)(H,87,113)(H,88,101)(H,89,102)(H,90,116)(H,91,114)(H,92,112)(H,93,115)(H,94,111)(H,104,105)(H,106,107)(H,108,109)/t50-,58-,59-,60+,61-,62-,63-,71-/m0/s1. The Hall–Kier alpha value is -11.4. The number of aliphatic carboxylic acids is 3. The lowest BCUT2D eigenvalue weighted by atomic mass is 10.0. The van der Waals surface area contributed by atoms with E-state index >= 15 is 0 Å². The number of nitrogens with zero attached hydrogens (tertiary/aromatic N) is 5. The normalized spacial score (nSPS) is 15.3. The molecule has 1 fully saturated rings. The molecule has 0 unspecified atom stereocenters. The second kappa shape index (κ2) is 50.3. The molecule has 0 saturated carbocycles. The summed E-state index contributed by atoms with van der Waals surface area (Å²) in [6.07, 6.45) is 7.46. The third-order valence-electron chi connectivity index (χ3n) is 19.8. The second-order valence-corrected chi connectivity index (χ2v) is 30.7. The van der Waals surface area contributed by atoms with Gasteiger partial charge in [0.2, 0.25) is 70.9 Å². The number of carbonyl (C=O) groups is 15. The zero-order valence-electron chi connectivity index (χ0n) is 67.2. The van der Waals surface area contributed by atoms with E-state index in [2.05, 4.69) is 68.1 Å². The van der Waals surface area contributed by atoms with Crippen LogP contribution in [0.25, 0.3) is 10.9 Å². The SMILES string of the molecule is CCCC[C@H](NC(=O)[C@H](Cc1cccs1)NC(=O)[C@H](Cc1cnc[nH]1)NC(=O)CCNC(=O)[C@@H](NC(=O)[C@H](C)NC(=O)[C@H](Cc1c[nH]c2ccccc12)NC(=O)[C@H](CCC(N)=O)NC(=O)[C@@H](Cc1ccc(O)cc1)NC(=O)CCCCCCCNC(=O)CN1CCN(CC(=O)O)CCN(CC(=O)O)CCN(CC(=O)O)CC1)C(C)C)C(N)=O. The predicted molar refractivity (Wildman–Crippen MR) is 434 cm³/mol. The van der Waals surface area contributed by atoms with Crippen molar-refractivity contribution in [2.45, 2.75) is 179 Å². The van der Waals surface area contributed by atoms with Crippen molar-refractivity contribution in [1.29, 1.82) is 0 Å². The molecule has 3 aromatic heterocycles. The van der Waals surface area contributed by atoms with E-state index in [1.54, 1.807) is 76.5 Å². The Morgan fingerprint density at radius 2 is 1.01 bits per heavy atom. The van der Waals surface area contributed by atoms with E-state index in [0.29, 0.717) is 72.8 Å². The minimum absolute atomic E-state index is 0.0227. The molecule has 39 heteroatoms. The number of primary amides is 2. The maximum atomic E-state index is 14.7. The average molecular weight is 1670 g/mol. The largest absolute Gasteiger partial charge is 0.508 e. The van der Waals surface area contributed by atoms with Crippen molar-refractivity contribution in [3.63, 3.8) is 0 Å². The first-order valence-corrected chi connectivity index (χ1v) is 40.6. The number of carbonyl (C=O) groups excluding carboxylic acids is 12. The van der Waals surface area contributed by atoms with Gasteiger partial charge in [0.15, 0.2) is 0 Å². The molecule has 646 valence electrons. The molecule has 4 heterocycles. The minimum atomic E-state index is -1.56. The maximum Gasteiger partial charge on any atom is 0.317 e. The van der Waals surface area contributed by atoms with Crippen LogP contribution in [0, 0.1) is 5.92 Å². The van der Waals surface area contributed by atoms with Crippen LogP contribution in [0.5, 0.6) is 5.75 Å². The summed E-state index contributed by atoms with van der Waals surface area (Å²) in [6.45, 7) is 7.63. The van der Waals surface area contributed by atoms with E-state index in [1.165, 1.54) is 55.1 Å². The summed E-state index contributed by atoms with van der Waals surface area (Å²) < 4.78 is 0. The Labute approximate surface area is 688 Å². The van der Waals surface area contributed by atoms with Gasteiger partial charge in [-0.25, -0.2) is 4.98 Å². The van der Waals surface area contributed by atoms with E-state index in [4.69, 9.17) is 11.5 Å². The number of imidazole rings is 1. The van der Waals surface area contributed by atoms with Gasteiger partial charge in [-0.2, -0.15) is 0 Å². The van der Waals surface area contributed by atoms with Crippen LogP contribution in [0.4, 0.5) is 0 Å². The minimum Gasteiger partial charge on any atom is -0.508 e. The van der Waals surface area contributed by atoms with Gasteiger partial charge in [0, 0.05) is 144 Å². The van der Waals surface area contributed by atoms with Gasteiger partial charge in [-0.1, -0.05) is 89.3 Å². The molecule has 1 aliphatic rings. The highest BCUT2D eigenvalue weighted by Gasteiger charge is 2.35. The summed E-state index contributed by atoms with van der Waals surface area (Å²) in [6, 6.07) is 6.11. The lowest BCUT2D eigenvalue weighted by molar-refractivity contribution is -0.140. The van der Waals surface area contributed by atoms with Gasteiger partial charge >= 0.3 is 17.9 Å². The molecule has 2 aromatic carbocycles. The van der Waals surface area contributed by atoms with Gasteiger partial charge in [-0.3, -0.25) is 91.5 Å². The number of phenols is 1. The molecule has 118 heavy (non-hydrogen) atoms. The van der Waals surface area contributed by atoms with Gasteiger partial charge in [-0.15, -0.1) is 11.3 Å². The molecule has 1 saturated heterocycles. The molecule has 38 nitrogen and oxygen atoms in total. The zero-order chi connectivity index (χ0) is 86.2. The number of nitrogens with two attached hydrogens (primary N) is 2. The van der Waals surface area contributed by atoms with Crippen molar-refractivity contribution in [2.24, 2.45) is 17.4 Å². The Bertz CT molecular complexity index is 4100. The van der Waals surface area contributed by atoms with Crippen LogP contribution >= 0.6 is 11.3 Å². The first kappa shape index (κ1) is 95.4. The molecule has 0 spiro atoms. The van der Waals surface area contributed by atoms with E-state index in [0.717, 1.165) is 11.3 Å². The topological polar surface area (TPSA) is 567 Å². The van der Waals surface area contributed by atoms with E-state index in [1.807, 2.05) is 11.8 Å². The number of aromatic nitrogens is 3. The highest BCUT2D eigenvalue weighted by molar-refractivity contribution is 7.09. The van der Waals surface area contributed by atoms with Gasteiger partial charge in [0.1, 0.15) is 54.1 Å². The summed E-state index contributed by atoms with van der Waals surface area (Å²) in [5.74, 6) is -12.5. The number of unbranched alkanes of at least 4 members (excludes halogenated alkanes) is 5. The summed E-state index contributed by atoms with van der Waals surface area (Å²) in [5.41, 5.74) is 13.4. The van der Waals surface area contributed by atoms with Crippen LogP contribution in [-0.4, -0.2) is 284 Å². The van der Waals surface area contributed by atoms with Crippen LogP contribution in [-0.2, 0) is 97.6 Å². The number of para-hydroxylation sites is 1. The molecule has 6 rings (SSSR count). The maximum absolute atomic E-state index is 14.7. The monoisotopic (exact) mass is 1670 g/mol. The Kier molecular flexibility index (Phi) is 40.6. The number of nitrogens with one attached hydrogen (secondary N) is 12. The summed E-state index contributed by atoms with van der Waals surface area (Å²) in [4.78, 5) is 218. The van der Waals surface area contributed by atoms with E-state index in [-0.39, 0.29) is 148 Å². The molecule has 8 atom stereocenters. The van der Waals surface area contributed by atoms with Gasteiger partial charge in [-0.05, 0) is 79.3 Å². The number of rotatable bonds is 50. The summed E-state index contributed by atoms with van der Waals surface area (Å²) in [7, 11) is 0. The van der Waals surface area contributed by atoms with Gasteiger partial charge < -0.3 is 95.0 Å². The van der Waals surface area contributed by atoms with Crippen molar-refractivity contribution < 1.29 is 92.3 Å². The highest BCUT2D eigenvalue weighted by atomic mass is 32.1. The number of aromatic hydroxyl groups is 1. The van der Waals surface area contributed by atoms with Crippen molar-refractivity contribution in [2.75, 3.05) is 91.6 Å². The molecule has 5 aromatic rings. The molecule has 0 bridgehead atoms. The predicted octanol–water partition coefficient (Wildman–Crippen LogP) is -1.14. The van der Waals surface area contributed by atoms with E-state index in [9.17, 15) is 92.3 Å². The average Bonchev–Trinajstić information content (AvgIpc) is 1.66. The molecule has 12 amide bonds. The van der Waals surface area contributed by atoms with Crippen molar-refractivity contribution in [3.05, 3.63) is 106 Å². The summed E-state index contributed by atoms with van der Waals surface area (Å²) >= 11 is 1.35. The number of phenolic OH excluding ortho intramolecular Hbond substituents is 1. The number of aromatic amines is 2. The Balaban J connectivity index is 1.05. The second-order valence-electron chi connectivity index (χ2n) is 29.7. The third-order valence-corrected chi connectivity index (χ3v) is 20.7. The zero-order valence-corrected chi connectivity index (χ0v) is 68.0. The smallest absolute Gasteiger partial charge is 0.317 e. The number of hydrogen-bond acceptors (Lipinski definition) is 22. The third kappa shape index (κ3) is 35.2. The number of thiophene rings is 1. The van der Waals surface area contributed by atoms with Crippen LogP contribution in [0.3, 0.4) is 0 Å². The van der Waals surface area contributed by atoms with Crippen molar-refractivity contribution in [1.82, 2.24) is 87.7 Å². The van der Waals surface area contributed by atoms with E-state index < -0.39 is 144 Å². The fraction of sp³-hybridized carbons (Fsp3) is 0.544. The van der Waals surface area contributed by atoms with Crippen LogP contribution < -0.4 is 64.6 Å². The first-order valence-electron chi connectivity index (χ1n) is 39.7. The number of hydrogen-bond donors (Lipinski definition) is 18. The Morgan fingerprint density at radius 1 is 0.483 bits per heavy atom. The lowest BCUT2D eigenvalue weighted by Crippen LogP contribution is -2.59. The quantitative estimate of drug-likeness (QED) is 0.0205. The van der Waals surface area contributed by atoms with Crippen LogP contribution in [0.2, 0.25) is 0 Å². The molecule has 20 N–H and O–H groups in total. The lowest BCUT2D eigenvalue weighted by Gasteiger charge is -2.32. The van der Waals surface area contributed by atoms with Gasteiger partial charge in [0.25, 0.3) is 0 Å². The fourth-order valence-electron chi connectivity index (χ4n) is 13.2. The molecular formula is C79H115N19O19S. The highest BCUT2D eigenvalue weighted by Crippen LogP contribution is 2.21. The number of fused-ring (bicyclic) bond motifs is 1. The van der Waals surface area contributed by atoms with Crippen molar-refractivity contribution in [3.8, 4) is 5.75 Å². The number of amides is 12. The summed E-state index contributed by atoms with van der Waals surface area (Å²) in [5, 5.41) is 68.3. The number of H-pyrrole nitrogens is 2. The fourth-order valence-corrected chi connectivity index (χ4v) is 13.9. The molecule has 0 aliphatic carbocycles. The first-order chi connectivity index (χ1) is 56.3. The molecule has 1 aliphatic heterocycles. The Morgan fingerprint density at radius 3 is 1.56 bits per heavy atom. The van der Waals surface area contributed by atoms with Crippen LogP contribution in [0.15, 0.2) is 84.8 Å². The van der Waals surface area contributed by atoms with Gasteiger partial charge in [0.05, 0.1) is 32.5 Å². The number of carboxylic acids is 3.